The molecule has 0 saturated carbocycles. The smallest absolute Gasteiger partial charge is 0.307 e. The first-order chi connectivity index (χ1) is 8.11. The zero-order chi connectivity index (χ0) is 12.4. The molecule has 0 aliphatic carbocycles. The van der Waals surface area contributed by atoms with Crippen molar-refractivity contribution in [3.63, 3.8) is 0 Å². The molecule has 1 aromatic rings. The first-order valence-electron chi connectivity index (χ1n) is 4.56. The molecule has 2 rings (SSSR count). The number of hydrogen-bond acceptors (Lipinski definition) is 6. The Kier molecular flexibility index (Phi) is 2.58. The summed E-state index contributed by atoms with van der Waals surface area (Å²) in [6, 6.07) is 2.04. The predicted molar refractivity (Wildman–Crippen MR) is 57.4 cm³/mol. The molecule has 0 fully saturated rings. The molecule has 0 saturated heterocycles. The molecule has 7 nitrogen and oxygen atoms in total. The number of rotatable bonds is 1. The van der Waals surface area contributed by atoms with Crippen LogP contribution in [0.15, 0.2) is 17.1 Å². The highest BCUT2D eigenvalue weighted by molar-refractivity contribution is 5.94. The third-order valence-corrected chi connectivity index (χ3v) is 2.16. The summed E-state index contributed by atoms with van der Waals surface area (Å²) in [7, 11) is 0. The summed E-state index contributed by atoms with van der Waals surface area (Å²) < 4.78 is 13.3. The number of nitrogens with one attached hydrogen (secondary N) is 2. The van der Waals surface area contributed by atoms with Crippen molar-refractivity contribution >= 4 is 22.9 Å². The highest BCUT2D eigenvalue weighted by Gasteiger charge is 2.20. The number of hydrogen-bond donors (Lipinski definition) is 2. The first kappa shape index (κ1) is 10.8. The van der Waals surface area contributed by atoms with Gasteiger partial charge in [0.25, 0.3) is 0 Å². The van der Waals surface area contributed by atoms with Gasteiger partial charge >= 0.3 is 5.69 Å². The number of halogens is 1. The number of fused-ring (bicyclic) bond motifs is 1. The van der Waals surface area contributed by atoms with Gasteiger partial charge in [-0.1, -0.05) is 0 Å². The molecule has 1 aliphatic rings. The van der Waals surface area contributed by atoms with E-state index in [0.29, 0.717) is 11.5 Å². The van der Waals surface area contributed by atoms with Gasteiger partial charge in [0.05, 0.1) is 22.8 Å². The van der Waals surface area contributed by atoms with Crippen LogP contribution < -0.4 is 10.6 Å². The minimum Gasteiger partial charge on any atom is -0.376 e. The molecule has 2 N–H and O–H groups in total. The van der Waals surface area contributed by atoms with Crippen molar-refractivity contribution in [3.8, 4) is 6.19 Å². The maximum atomic E-state index is 13.3. The topological polar surface area (TPSA) is 103 Å². The molecule has 1 aliphatic heterocycles. The Hall–Kier alpha value is -2.69. The van der Waals surface area contributed by atoms with Crippen LogP contribution in [0.5, 0.6) is 0 Å². The molecule has 86 valence electrons. The summed E-state index contributed by atoms with van der Waals surface area (Å²) in [4.78, 5) is 13.7. The second-order valence-corrected chi connectivity index (χ2v) is 3.23. The molecule has 0 spiro atoms. The van der Waals surface area contributed by atoms with E-state index < -0.39 is 16.4 Å². The zero-order valence-electron chi connectivity index (χ0n) is 8.40. The Morgan fingerprint density at radius 1 is 1.65 bits per heavy atom. The molecular formula is C9H6FN5O2. The predicted octanol–water partition coefficient (Wildman–Crippen LogP) is 1.26. The largest absolute Gasteiger partial charge is 0.376 e. The van der Waals surface area contributed by atoms with Gasteiger partial charge in [0.2, 0.25) is 5.82 Å². The van der Waals surface area contributed by atoms with Gasteiger partial charge in [-0.05, 0) is 0 Å². The molecule has 1 aromatic carbocycles. The summed E-state index contributed by atoms with van der Waals surface area (Å²) in [5, 5.41) is 24.0. The quantitative estimate of drug-likeness (QED) is 0.330. The van der Waals surface area contributed by atoms with E-state index in [-0.39, 0.29) is 12.2 Å². The van der Waals surface area contributed by atoms with Crippen LogP contribution in [0.2, 0.25) is 0 Å². The number of aliphatic imine (C=N–C) groups is 1. The van der Waals surface area contributed by atoms with E-state index in [2.05, 4.69) is 15.6 Å². The maximum Gasteiger partial charge on any atom is 0.307 e. The number of nitriles is 1. The van der Waals surface area contributed by atoms with Crippen LogP contribution in [0, 0.1) is 27.4 Å². The van der Waals surface area contributed by atoms with Crippen molar-refractivity contribution in [3.05, 3.63) is 28.1 Å². The lowest BCUT2D eigenvalue weighted by Crippen LogP contribution is -2.28. The van der Waals surface area contributed by atoms with E-state index in [1.54, 1.807) is 6.19 Å². The molecule has 0 aromatic heterocycles. The number of anilines is 1. The second-order valence-electron chi connectivity index (χ2n) is 3.23. The lowest BCUT2D eigenvalue weighted by atomic mass is 10.2. The average molecular weight is 235 g/mol. The van der Waals surface area contributed by atoms with E-state index >= 15 is 0 Å². The molecule has 0 bridgehead atoms. The van der Waals surface area contributed by atoms with Crippen molar-refractivity contribution in [2.75, 3.05) is 11.9 Å². The van der Waals surface area contributed by atoms with Crippen LogP contribution in [0.25, 0.3) is 0 Å². The number of nitrogens with zero attached hydrogens (tertiary/aromatic N) is 3. The van der Waals surface area contributed by atoms with Gasteiger partial charge in [-0.15, -0.1) is 0 Å². The monoisotopic (exact) mass is 235 g/mol. The molecule has 0 atom stereocenters. The number of benzene rings is 1. The van der Waals surface area contributed by atoms with Crippen LogP contribution in [0.3, 0.4) is 0 Å². The van der Waals surface area contributed by atoms with E-state index in [1.807, 2.05) is 0 Å². The molecule has 1 heterocycles. The van der Waals surface area contributed by atoms with E-state index in [0.717, 1.165) is 12.1 Å². The molecule has 0 unspecified atom stereocenters. The van der Waals surface area contributed by atoms with Crippen molar-refractivity contribution < 1.29 is 9.31 Å². The minimum absolute atomic E-state index is 0.220. The molecule has 17 heavy (non-hydrogen) atoms. The molecule has 8 heteroatoms. The number of amidine groups is 1. The minimum atomic E-state index is -0.961. The fourth-order valence-electron chi connectivity index (χ4n) is 1.43. The third kappa shape index (κ3) is 1.98. The lowest BCUT2D eigenvalue weighted by Gasteiger charge is -2.16. The SMILES string of the molecule is N#CNC1=Nc2cc(F)c([N+](=O)[O-])cc2NC1. The van der Waals surface area contributed by atoms with Crippen LogP contribution in [-0.4, -0.2) is 17.3 Å². The van der Waals surface area contributed by atoms with Gasteiger partial charge in [-0.3, -0.25) is 15.4 Å². The van der Waals surface area contributed by atoms with Gasteiger partial charge in [-0.25, -0.2) is 4.99 Å². The van der Waals surface area contributed by atoms with Crippen molar-refractivity contribution in [2.24, 2.45) is 4.99 Å². The van der Waals surface area contributed by atoms with E-state index in [1.165, 1.54) is 0 Å². The lowest BCUT2D eigenvalue weighted by molar-refractivity contribution is -0.387. The summed E-state index contributed by atoms with van der Waals surface area (Å²) in [5.41, 5.74) is -0.0261. The van der Waals surface area contributed by atoms with Gasteiger partial charge in [0.15, 0.2) is 6.19 Å². The summed E-state index contributed by atoms with van der Waals surface area (Å²) >= 11 is 0. The Morgan fingerprint density at radius 3 is 3.06 bits per heavy atom. The summed E-state index contributed by atoms with van der Waals surface area (Å²) in [5.74, 6) is -0.634. The highest BCUT2D eigenvalue weighted by Crippen LogP contribution is 2.33. The van der Waals surface area contributed by atoms with Gasteiger partial charge in [0.1, 0.15) is 5.84 Å². The Balaban J connectivity index is 2.46. The van der Waals surface area contributed by atoms with Crippen molar-refractivity contribution in [1.82, 2.24) is 5.32 Å². The Morgan fingerprint density at radius 2 is 2.41 bits per heavy atom. The molecular weight excluding hydrogens is 229 g/mol. The average Bonchev–Trinajstić information content (AvgIpc) is 2.28. The normalized spacial score (nSPS) is 12.8. The van der Waals surface area contributed by atoms with Crippen LogP contribution >= 0.6 is 0 Å². The number of nitro groups is 1. The Labute approximate surface area is 94.7 Å². The summed E-state index contributed by atoms with van der Waals surface area (Å²) in [6.45, 7) is 0.226. The fraction of sp³-hybridized carbons (Fsp3) is 0.111. The molecule has 0 radical (unpaired) electrons. The zero-order valence-corrected chi connectivity index (χ0v) is 8.40. The third-order valence-electron chi connectivity index (χ3n) is 2.16. The fourth-order valence-corrected chi connectivity index (χ4v) is 1.43. The Bertz CT molecular complexity index is 563. The number of nitro benzene ring substituents is 1. The first-order valence-corrected chi connectivity index (χ1v) is 4.56. The van der Waals surface area contributed by atoms with Crippen LogP contribution in [0.1, 0.15) is 0 Å². The summed E-state index contributed by atoms with van der Waals surface area (Å²) in [6.07, 6.45) is 1.69. The van der Waals surface area contributed by atoms with Gasteiger partial charge < -0.3 is 5.32 Å². The molecule has 0 amide bonds. The van der Waals surface area contributed by atoms with Crippen LogP contribution in [0.4, 0.5) is 21.5 Å². The van der Waals surface area contributed by atoms with Gasteiger partial charge in [-0.2, -0.15) is 9.65 Å². The van der Waals surface area contributed by atoms with Crippen molar-refractivity contribution in [2.45, 2.75) is 0 Å². The highest BCUT2D eigenvalue weighted by atomic mass is 19.1. The van der Waals surface area contributed by atoms with Gasteiger partial charge in [0, 0.05) is 12.1 Å². The van der Waals surface area contributed by atoms with Crippen molar-refractivity contribution in [1.29, 1.82) is 5.26 Å². The second kappa shape index (κ2) is 4.05. The van der Waals surface area contributed by atoms with E-state index in [9.17, 15) is 14.5 Å². The standard InChI is InChI=1S/C9H6FN5O2/c10-5-1-7-6(2-8(5)15(16)17)12-3-9(14-7)13-4-11/h1-2,12H,3H2,(H,13,14). The van der Waals surface area contributed by atoms with E-state index in [4.69, 9.17) is 5.26 Å². The van der Waals surface area contributed by atoms with Crippen LogP contribution in [-0.2, 0) is 0 Å². The maximum absolute atomic E-state index is 13.3.